The molecule has 0 aliphatic heterocycles. The summed E-state index contributed by atoms with van der Waals surface area (Å²) in [6.07, 6.45) is 0. The fourth-order valence-corrected chi connectivity index (χ4v) is 7.09. The second-order valence-electron chi connectivity index (χ2n) is 13.3. The summed E-state index contributed by atoms with van der Waals surface area (Å²) in [5.74, 6) is 1.72. The van der Waals surface area contributed by atoms with Crippen molar-refractivity contribution in [2.75, 3.05) is 0 Å². The van der Waals surface area contributed by atoms with E-state index >= 15 is 0 Å². The average Bonchev–Trinajstić information content (AvgIpc) is 3.69. The van der Waals surface area contributed by atoms with Gasteiger partial charge in [0, 0.05) is 27.5 Å². The van der Waals surface area contributed by atoms with Crippen LogP contribution >= 0.6 is 0 Å². The van der Waals surface area contributed by atoms with Crippen LogP contribution in [0.15, 0.2) is 204 Å². The molecule has 0 unspecified atom stereocenters. The first-order valence-corrected chi connectivity index (χ1v) is 18.0. The van der Waals surface area contributed by atoms with Crippen molar-refractivity contribution in [2.24, 2.45) is 0 Å². The third kappa shape index (κ3) is 6.26. The van der Waals surface area contributed by atoms with Crippen molar-refractivity contribution in [3.05, 3.63) is 200 Å². The Morgan fingerprint density at radius 2 is 0.836 bits per heavy atom. The molecule has 8 aromatic carbocycles. The van der Waals surface area contributed by atoms with Crippen LogP contribution in [0.3, 0.4) is 0 Å². The number of furan rings is 1. The zero-order valence-electron chi connectivity index (χ0n) is 34.4. The molecule has 0 fully saturated rings. The number of nitrogens with zero attached hydrogens (tertiary/aromatic N) is 3. The van der Waals surface area contributed by atoms with Crippen LogP contribution in [0.2, 0.25) is 0 Å². The summed E-state index contributed by atoms with van der Waals surface area (Å²) in [6.45, 7) is 0. The zero-order chi connectivity index (χ0) is 40.9. The first kappa shape index (κ1) is 27.2. The number of fused-ring (bicyclic) bond motifs is 3. The number of aromatic nitrogens is 3. The monoisotopic (exact) mass is 708 g/mol. The van der Waals surface area contributed by atoms with Crippen molar-refractivity contribution in [1.82, 2.24) is 15.0 Å². The molecular formula is C51H33N3O. The summed E-state index contributed by atoms with van der Waals surface area (Å²) in [5.41, 5.74) is 11.0. The second kappa shape index (κ2) is 13.8. The van der Waals surface area contributed by atoms with Crippen LogP contribution in [-0.4, -0.2) is 15.0 Å². The minimum atomic E-state index is -0.402. The highest BCUT2D eigenvalue weighted by Gasteiger charge is 2.17. The molecule has 0 amide bonds. The first-order valence-electron chi connectivity index (χ1n) is 20.5. The van der Waals surface area contributed by atoms with Gasteiger partial charge >= 0.3 is 0 Å². The van der Waals surface area contributed by atoms with E-state index in [0.717, 1.165) is 72.0 Å². The highest BCUT2D eigenvalue weighted by atomic mass is 16.3. The Hall–Kier alpha value is -7.43. The molecule has 0 radical (unpaired) electrons. The predicted molar refractivity (Wildman–Crippen MR) is 225 cm³/mol. The van der Waals surface area contributed by atoms with E-state index in [0.29, 0.717) is 23.0 Å². The lowest BCUT2D eigenvalue weighted by atomic mass is 9.96. The Morgan fingerprint density at radius 3 is 1.51 bits per heavy atom. The van der Waals surface area contributed by atoms with Crippen molar-refractivity contribution >= 4 is 21.9 Å². The Bertz CT molecular complexity index is 3210. The van der Waals surface area contributed by atoms with Gasteiger partial charge in [-0.3, -0.25) is 0 Å². The molecule has 2 heterocycles. The molecule has 0 N–H and O–H groups in total. The Kier molecular flexibility index (Phi) is 6.85. The molecule has 0 saturated heterocycles. The molecule has 10 aromatic rings. The lowest BCUT2D eigenvalue weighted by molar-refractivity contribution is 0.669. The number of hydrogen-bond acceptors (Lipinski definition) is 4. The molecule has 258 valence electrons. The van der Waals surface area contributed by atoms with E-state index in [1.54, 1.807) is 12.1 Å². The largest absolute Gasteiger partial charge is 0.456 e. The molecule has 0 bridgehead atoms. The van der Waals surface area contributed by atoms with E-state index in [2.05, 4.69) is 60.7 Å². The SMILES string of the molecule is [2H]c1c([2H])c([2H])c(-c2ccc(-c3ccc(-c4cccc5oc6ccc(-c7nc(-c8ccccc8)nc(-c8cccc(-c9ccccc9)c8)n7)cc6c45)cc3)cc2)c([2H])c1[2H]. The molecule has 0 saturated carbocycles. The van der Waals surface area contributed by atoms with E-state index < -0.39 is 6.04 Å². The van der Waals surface area contributed by atoms with Crippen LogP contribution in [0.1, 0.15) is 6.85 Å². The summed E-state index contributed by atoms with van der Waals surface area (Å²) in [7, 11) is 0. The molecule has 4 nitrogen and oxygen atoms in total. The highest BCUT2D eigenvalue weighted by molar-refractivity contribution is 6.13. The quantitative estimate of drug-likeness (QED) is 0.165. The summed E-state index contributed by atoms with van der Waals surface area (Å²) < 4.78 is 47.2. The van der Waals surface area contributed by atoms with Gasteiger partial charge in [0.1, 0.15) is 11.2 Å². The zero-order valence-corrected chi connectivity index (χ0v) is 29.4. The predicted octanol–water partition coefficient (Wildman–Crippen LogP) is 13.4. The van der Waals surface area contributed by atoms with Gasteiger partial charge in [0.25, 0.3) is 0 Å². The molecular weight excluding hydrogens is 671 g/mol. The van der Waals surface area contributed by atoms with E-state index in [9.17, 15) is 0 Å². The van der Waals surface area contributed by atoms with Gasteiger partial charge in [-0.15, -0.1) is 0 Å². The normalized spacial score (nSPS) is 12.5. The van der Waals surface area contributed by atoms with Gasteiger partial charge in [-0.25, -0.2) is 15.0 Å². The molecule has 0 atom stereocenters. The van der Waals surface area contributed by atoms with E-state index in [1.165, 1.54) is 0 Å². The van der Waals surface area contributed by atoms with Gasteiger partial charge in [-0.1, -0.05) is 170 Å². The maximum atomic E-state index is 8.37. The smallest absolute Gasteiger partial charge is 0.164 e. The molecule has 0 spiro atoms. The van der Waals surface area contributed by atoms with Crippen LogP contribution in [0.25, 0.3) is 101 Å². The van der Waals surface area contributed by atoms with Crippen molar-refractivity contribution < 1.29 is 11.3 Å². The van der Waals surface area contributed by atoms with Crippen LogP contribution in [0.4, 0.5) is 0 Å². The van der Waals surface area contributed by atoms with Crippen LogP contribution in [0.5, 0.6) is 0 Å². The number of hydrogen-bond donors (Lipinski definition) is 0. The first-order chi connectivity index (χ1) is 29.3. The topological polar surface area (TPSA) is 51.8 Å². The Balaban J connectivity index is 1.02. The minimum absolute atomic E-state index is 0.188. The van der Waals surface area contributed by atoms with Gasteiger partial charge in [0.05, 0.1) is 6.85 Å². The standard InChI is InChI=1S/C51H33N3O/c1-4-12-34(13-5-1)36-22-24-37(25-23-36)38-26-28-39(29-27-38)44-20-11-21-47-48(44)45-33-43(30-31-46(45)55-47)51-53-49(40-16-8-3-9-17-40)52-50(54-51)42-19-10-18-41(32-42)35-14-6-2-7-15-35/h1-33H/i1D,4D,5D,12D,13D. The molecule has 0 aliphatic rings. The van der Waals surface area contributed by atoms with Gasteiger partial charge in [0.2, 0.25) is 0 Å². The van der Waals surface area contributed by atoms with Crippen LogP contribution in [0, 0.1) is 0 Å². The average molecular weight is 709 g/mol. The van der Waals surface area contributed by atoms with Crippen molar-refractivity contribution in [2.45, 2.75) is 0 Å². The second-order valence-corrected chi connectivity index (χ2v) is 13.3. The van der Waals surface area contributed by atoms with E-state index in [4.69, 9.17) is 26.2 Å². The molecule has 55 heavy (non-hydrogen) atoms. The molecule has 10 rings (SSSR count). The molecule has 0 aliphatic carbocycles. The lowest BCUT2D eigenvalue weighted by Gasteiger charge is -2.10. The fourth-order valence-electron chi connectivity index (χ4n) is 7.09. The third-order valence-corrected chi connectivity index (χ3v) is 9.85. The van der Waals surface area contributed by atoms with E-state index in [1.807, 2.05) is 97.1 Å². The fraction of sp³-hybridized carbons (Fsp3) is 0. The highest BCUT2D eigenvalue weighted by Crippen LogP contribution is 2.39. The summed E-state index contributed by atoms with van der Waals surface area (Å²) >= 11 is 0. The third-order valence-electron chi connectivity index (χ3n) is 9.85. The number of benzene rings is 8. The maximum absolute atomic E-state index is 8.37. The van der Waals surface area contributed by atoms with Crippen LogP contribution in [-0.2, 0) is 0 Å². The summed E-state index contributed by atoms with van der Waals surface area (Å²) in [6, 6.07) is 54.9. The van der Waals surface area contributed by atoms with Gasteiger partial charge < -0.3 is 4.42 Å². The van der Waals surface area contributed by atoms with Crippen molar-refractivity contribution in [1.29, 1.82) is 0 Å². The minimum Gasteiger partial charge on any atom is -0.456 e. The van der Waals surface area contributed by atoms with Crippen molar-refractivity contribution in [3.8, 4) is 78.7 Å². The summed E-state index contributed by atoms with van der Waals surface area (Å²) in [4.78, 5) is 15.1. The van der Waals surface area contributed by atoms with Crippen LogP contribution < -0.4 is 0 Å². The van der Waals surface area contributed by atoms with E-state index in [-0.39, 0.29) is 29.7 Å². The Labute approximate surface area is 326 Å². The summed E-state index contributed by atoms with van der Waals surface area (Å²) in [5, 5.41) is 1.93. The number of rotatable bonds is 7. The maximum Gasteiger partial charge on any atom is 0.164 e. The van der Waals surface area contributed by atoms with Gasteiger partial charge in [0.15, 0.2) is 17.5 Å². The van der Waals surface area contributed by atoms with Crippen molar-refractivity contribution in [3.63, 3.8) is 0 Å². The Morgan fingerprint density at radius 1 is 0.345 bits per heavy atom. The molecule has 2 aromatic heterocycles. The van der Waals surface area contributed by atoms with Gasteiger partial charge in [-0.2, -0.15) is 0 Å². The van der Waals surface area contributed by atoms with Gasteiger partial charge in [-0.05, 0) is 74.8 Å². The lowest BCUT2D eigenvalue weighted by Crippen LogP contribution is -2.00. The molecule has 4 heteroatoms.